The summed E-state index contributed by atoms with van der Waals surface area (Å²) in [7, 11) is 0. The Kier molecular flexibility index (Phi) is 3.79. The van der Waals surface area contributed by atoms with Crippen molar-refractivity contribution in [3.05, 3.63) is 27.3 Å². The molecule has 0 fully saturated rings. The molecule has 0 atom stereocenters. The molecule has 0 N–H and O–H groups in total. The first-order valence-corrected chi connectivity index (χ1v) is 4.83. The predicted molar refractivity (Wildman–Crippen MR) is 55.8 cm³/mol. The van der Waals surface area contributed by atoms with Gasteiger partial charge in [-0.25, -0.2) is 0 Å². The number of carbonyl (C=O) groups is 1. The number of ketones is 1. The lowest BCUT2D eigenvalue weighted by atomic mass is 10.1. The zero-order valence-electron chi connectivity index (χ0n) is 7.26. The van der Waals surface area contributed by atoms with Crippen molar-refractivity contribution in [2.24, 2.45) is 0 Å². The summed E-state index contributed by atoms with van der Waals surface area (Å²) >= 11 is 1.93. The van der Waals surface area contributed by atoms with Crippen LogP contribution in [0.2, 0.25) is 0 Å². The summed E-state index contributed by atoms with van der Waals surface area (Å²) in [6.07, 6.45) is 0. The molecule has 0 aliphatic heterocycles. The van der Waals surface area contributed by atoms with Crippen LogP contribution in [-0.2, 0) is 0 Å². The van der Waals surface area contributed by atoms with E-state index in [1.807, 2.05) is 22.6 Å². The Labute approximate surface area is 93.4 Å². The maximum atomic E-state index is 11.9. The van der Waals surface area contributed by atoms with E-state index in [9.17, 15) is 13.6 Å². The number of carbonyl (C=O) groups excluding carboxylic acids is 1. The molecule has 0 radical (unpaired) electrons. The van der Waals surface area contributed by atoms with Gasteiger partial charge < -0.3 is 4.74 Å². The number of benzene rings is 1. The minimum Gasteiger partial charge on any atom is -0.435 e. The third-order valence-corrected chi connectivity index (χ3v) is 2.13. The van der Waals surface area contributed by atoms with Crippen LogP contribution in [0.15, 0.2) is 18.2 Å². The van der Waals surface area contributed by atoms with Crippen LogP contribution in [0.1, 0.15) is 17.3 Å². The highest BCUT2D eigenvalue weighted by Gasteiger charge is 2.08. The minimum atomic E-state index is -2.87. The summed E-state index contributed by atoms with van der Waals surface area (Å²) in [5.41, 5.74) is 0.368. The Balaban J connectivity index is 3.01. The maximum Gasteiger partial charge on any atom is 0.387 e. The SMILES string of the molecule is CC(=O)c1cc(I)cc(OC(F)F)c1. The summed E-state index contributed by atoms with van der Waals surface area (Å²) in [4.78, 5) is 11.0. The average molecular weight is 312 g/mol. The minimum absolute atomic E-state index is 0.0112. The summed E-state index contributed by atoms with van der Waals surface area (Å²) in [5, 5.41) is 0. The summed E-state index contributed by atoms with van der Waals surface area (Å²) in [6.45, 7) is -1.49. The van der Waals surface area contributed by atoms with E-state index < -0.39 is 6.61 Å². The number of rotatable bonds is 3. The Hall–Kier alpha value is -0.720. The lowest BCUT2D eigenvalue weighted by Crippen LogP contribution is -2.03. The summed E-state index contributed by atoms with van der Waals surface area (Å²) < 4.78 is 28.6. The zero-order valence-corrected chi connectivity index (χ0v) is 9.42. The van der Waals surface area contributed by atoms with E-state index >= 15 is 0 Å². The highest BCUT2D eigenvalue weighted by atomic mass is 127. The van der Waals surface area contributed by atoms with Gasteiger partial charge in [-0.3, -0.25) is 4.79 Å². The third-order valence-electron chi connectivity index (χ3n) is 1.50. The normalized spacial score (nSPS) is 10.4. The molecule has 1 rings (SSSR count). The average Bonchev–Trinajstić information content (AvgIpc) is 2.01. The molecule has 1 aromatic rings. The molecule has 0 unspecified atom stereocenters. The Morgan fingerprint density at radius 2 is 2.07 bits per heavy atom. The van der Waals surface area contributed by atoms with E-state index in [2.05, 4.69) is 4.74 Å². The lowest BCUT2D eigenvalue weighted by molar-refractivity contribution is -0.0499. The van der Waals surface area contributed by atoms with Gasteiger partial charge in [0.2, 0.25) is 0 Å². The number of alkyl halides is 2. The smallest absolute Gasteiger partial charge is 0.387 e. The largest absolute Gasteiger partial charge is 0.435 e. The predicted octanol–water partition coefficient (Wildman–Crippen LogP) is 3.10. The Bertz CT molecular complexity index is 353. The summed E-state index contributed by atoms with van der Waals surface area (Å²) in [6, 6.07) is 4.36. The van der Waals surface area contributed by atoms with Crippen molar-refractivity contribution in [2.75, 3.05) is 0 Å². The van der Waals surface area contributed by atoms with Crippen LogP contribution >= 0.6 is 22.6 Å². The number of halogens is 3. The van der Waals surface area contributed by atoms with Crippen LogP contribution < -0.4 is 4.74 Å². The third kappa shape index (κ3) is 3.21. The number of hydrogen-bond acceptors (Lipinski definition) is 2. The molecule has 14 heavy (non-hydrogen) atoms. The second kappa shape index (κ2) is 4.68. The second-order valence-electron chi connectivity index (χ2n) is 2.61. The maximum absolute atomic E-state index is 11.9. The molecule has 2 nitrogen and oxygen atoms in total. The lowest BCUT2D eigenvalue weighted by Gasteiger charge is -2.06. The molecule has 0 saturated heterocycles. The van der Waals surface area contributed by atoms with Crippen molar-refractivity contribution in [3.63, 3.8) is 0 Å². The van der Waals surface area contributed by atoms with Crippen molar-refractivity contribution in [1.82, 2.24) is 0 Å². The monoisotopic (exact) mass is 312 g/mol. The first-order valence-electron chi connectivity index (χ1n) is 3.75. The summed E-state index contributed by atoms with van der Waals surface area (Å²) in [5.74, 6) is -0.167. The van der Waals surface area contributed by atoms with Crippen molar-refractivity contribution in [2.45, 2.75) is 13.5 Å². The topological polar surface area (TPSA) is 26.3 Å². The fraction of sp³-hybridized carbons (Fsp3) is 0.222. The first-order chi connectivity index (χ1) is 6.49. The van der Waals surface area contributed by atoms with Gasteiger partial charge >= 0.3 is 6.61 Å². The molecule has 5 heteroatoms. The molecule has 0 saturated carbocycles. The van der Waals surface area contributed by atoms with Crippen LogP contribution in [0, 0.1) is 3.57 Å². The van der Waals surface area contributed by atoms with Gasteiger partial charge in [-0.05, 0) is 47.7 Å². The van der Waals surface area contributed by atoms with E-state index in [1.54, 1.807) is 6.07 Å². The van der Waals surface area contributed by atoms with E-state index in [0.717, 1.165) is 0 Å². The molecule has 0 aliphatic rings. The molecule has 0 bridgehead atoms. The van der Waals surface area contributed by atoms with Gasteiger partial charge in [0.05, 0.1) is 0 Å². The van der Waals surface area contributed by atoms with E-state index in [4.69, 9.17) is 0 Å². The van der Waals surface area contributed by atoms with Gasteiger partial charge in [0.1, 0.15) is 5.75 Å². The van der Waals surface area contributed by atoms with Gasteiger partial charge in [0.25, 0.3) is 0 Å². The Morgan fingerprint density at radius 1 is 1.43 bits per heavy atom. The van der Waals surface area contributed by atoms with Crippen molar-refractivity contribution >= 4 is 28.4 Å². The quantitative estimate of drug-likeness (QED) is 0.633. The standard InChI is InChI=1S/C9H7F2IO2/c1-5(13)6-2-7(12)4-8(3-6)14-9(10)11/h2-4,9H,1H3. The second-order valence-corrected chi connectivity index (χ2v) is 3.86. The fourth-order valence-corrected chi connectivity index (χ4v) is 1.58. The van der Waals surface area contributed by atoms with E-state index in [-0.39, 0.29) is 11.5 Å². The van der Waals surface area contributed by atoms with Crippen LogP contribution in [0.3, 0.4) is 0 Å². The van der Waals surface area contributed by atoms with Crippen molar-refractivity contribution < 1.29 is 18.3 Å². The highest BCUT2D eigenvalue weighted by Crippen LogP contribution is 2.20. The molecule has 0 aliphatic carbocycles. The molecule has 0 spiro atoms. The Morgan fingerprint density at radius 3 is 2.57 bits per heavy atom. The number of hydrogen-bond donors (Lipinski definition) is 0. The number of ether oxygens (including phenoxy) is 1. The molecule has 0 heterocycles. The fourth-order valence-electron chi connectivity index (χ4n) is 0.937. The van der Waals surface area contributed by atoms with Crippen molar-refractivity contribution in [3.8, 4) is 5.75 Å². The van der Waals surface area contributed by atoms with E-state index in [1.165, 1.54) is 19.1 Å². The molecular formula is C9H7F2IO2. The van der Waals surface area contributed by atoms with Crippen LogP contribution in [0.25, 0.3) is 0 Å². The van der Waals surface area contributed by atoms with Gasteiger partial charge in [0, 0.05) is 9.13 Å². The number of Topliss-reactive ketones (excluding diaryl/α,β-unsaturated/α-hetero) is 1. The molecule has 1 aromatic carbocycles. The van der Waals surface area contributed by atoms with Crippen molar-refractivity contribution in [1.29, 1.82) is 0 Å². The van der Waals surface area contributed by atoms with E-state index in [0.29, 0.717) is 9.13 Å². The van der Waals surface area contributed by atoms with Crippen LogP contribution in [-0.4, -0.2) is 12.4 Å². The van der Waals surface area contributed by atoms with Gasteiger partial charge in [-0.2, -0.15) is 8.78 Å². The molecular weight excluding hydrogens is 305 g/mol. The van der Waals surface area contributed by atoms with Gasteiger partial charge in [-0.1, -0.05) is 0 Å². The first kappa shape index (κ1) is 11.4. The highest BCUT2D eigenvalue weighted by molar-refractivity contribution is 14.1. The zero-order chi connectivity index (χ0) is 10.7. The molecule has 0 aromatic heterocycles. The molecule has 76 valence electrons. The van der Waals surface area contributed by atoms with Crippen LogP contribution in [0.4, 0.5) is 8.78 Å². The van der Waals surface area contributed by atoms with Gasteiger partial charge in [0.15, 0.2) is 5.78 Å². The van der Waals surface area contributed by atoms with Gasteiger partial charge in [-0.15, -0.1) is 0 Å². The molecule has 0 amide bonds. The van der Waals surface area contributed by atoms with Crippen LogP contribution in [0.5, 0.6) is 5.75 Å².